The minimum absolute atomic E-state index is 0.0658. The molecule has 1 aromatic rings. The van der Waals surface area contributed by atoms with Gasteiger partial charge in [0, 0.05) is 5.92 Å². The van der Waals surface area contributed by atoms with Crippen LogP contribution in [0, 0.1) is 62.6 Å². The molecule has 0 N–H and O–H groups in total. The van der Waals surface area contributed by atoms with Crippen molar-refractivity contribution in [3.05, 3.63) is 65.8 Å². The van der Waals surface area contributed by atoms with Crippen molar-refractivity contribution in [3.8, 4) is 0 Å². The molecule has 1 aromatic carbocycles. The molecule has 5 fully saturated rings. The van der Waals surface area contributed by atoms with Gasteiger partial charge in [-0.2, -0.15) is 0 Å². The number of ether oxygens (including phenoxy) is 1. The number of allylic oxidation sites excluding steroid dienone is 5. The first-order valence-corrected chi connectivity index (χ1v) is 17.1. The molecule has 6 aliphatic rings. The van der Waals surface area contributed by atoms with Crippen LogP contribution in [0.3, 0.4) is 0 Å². The molecule has 0 bridgehead atoms. The Morgan fingerprint density at radius 2 is 1.60 bits per heavy atom. The fourth-order valence-electron chi connectivity index (χ4n) is 13.6. The van der Waals surface area contributed by atoms with E-state index in [0.717, 1.165) is 25.7 Å². The van der Waals surface area contributed by atoms with Gasteiger partial charge in [-0.05, 0) is 127 Å². The maximum absolute atomic E-state index is 13.6. The summed E-state index contributed by atoms with van der Waals surface area (Å²) in [7, 11) is 1.62. The number of hydrogen-bond acceptors (Lipinski definition) is 2. The maximum Gasteiger partial charge on any atom is 0.312 e. The van der Waals surface area contributed by atoms with Gasteiger partial charge >= 0.3 is 5.97 Å². The van der Waals surface area contributed by atoms with Crippen LogP contribution in [-0.4, -0.2) is 13.1 Å². The van der Waals surface area contributed by atoms with Crippen LogP contribution in [0.5, 0.6) is 0 Å². The van der Waals surface area contributed by atoms with Gasteiger partial charge in [-0.1, -0.05) is 94.8 Å². The molecule has 0 aliphatic heterocycles. The third kappa shape index (κ3) is 3.42. The number of hydrogen-bond donors (Lipinski definition) is 0. The van der Waals surface area contributed by atoms with Gasteiger partial charge in [0.1, 0.15) is 0 Å². The van der Waals surface area contributed by atoms with Gasteiger partial charge in [0.05, 0.1) is 12.5 Å². The topological polar surface area (TPSA) is 26.3 Å². The molecule has 1 unspecified atom stereocenters. The molecule has 42 heavy (non-hydrogen) atoms. The second kappa shape index (κ2) is 9.21. The van der Waals surface area contributed by atoms with E-state index in [9.17, 15) is 4.79 Å². The largest absolute Gasteiger partial charge is 0.469 e. The molecule has 7 rings (SSSR count). The molecule has 0 spiro atoms. The van der Waals surface area contributed by atoms with E-state index in [1.165, 1.54) is 43.2 Å². The summed E-state index contributed by atoms with van der Waals surface area (Å²) in [5, 5.41) is 0. The Morgan fingerprint density at radius 3 is 2.29 bits per heavy atom. The van der Waals surface area contributed by atoms with E-state index in [4.69, 9.17) is 4.74 Å². The summed E-state index contributed by atoms with van der Waals surface area (Å²) in [4.78, 5) is 13.6. The molecular weight excluding hydrogens is 512 g/mol. The van der Waals surface area contributed by atoms with Crippen LogP contribution in [0.2, 0.25) is 0 Å². The fraction of sp³-hybridized carbons (Fsp3) is 0.675. The van der Waals surface area contributed by atoms with E-state index in [1.54, 1.807) is 18.3 Å². The van der Waals surface area contributed by atoms with Crippen molar-refractivity contribution < 1.29 is 9.53 Å². The minimum atomic E-state index is -0.307. The maximum atomic E-state index is 13.6. The molecule has 5 saturated carbocycles. The van der Waals surface area contributed by atoms with E-state index < -0.39 is 0 Å². The monoisotopic (exact) mass is 566 g/mol. The summed E-state index contributed by atoms with van der Waals surface area (Å²) < 4.78 is 5.58. The molecule has 6 aliphatic carbocycles. The van der Waals surface area contributed by atoms with Crippen molar-refractivity contribution in [1.29, 1.82) is 0 Å². The lowest BCUT2D eigenvalue weighted by atomic mass is 9.31. The molecule has 0 aromatic heterocycles. The number of rotatable bonds is 3. The highest BCUT2D eigenvalue weighted by Crippen LogP contribution is 2.78. The van der Waals surface area contributed by atoms with Gasteiger partial charge in [0.2, 0.25) is 0 Å². The van der Waals surface area contributed by atoms with E-state index >= 15 is 0 Å². The van der Waals surface area contributed by atoms with Crippen molar-refractivity contribution in [2.45, 2.75) is 99.3 Å². The Balaban J connectivity index is 1.28. The van der Waals surface area contributed by atoms with Crippen LogP contribution in [0.15, 0.2) is 60.2 Å². The number of methoxy groups -OCH3 is 1. The summed E-state index contributed by atoms with van der Waals surface area (Å²) >= 11 is 0. The van der Waals surface area contributed by atoms with Crippen LogP contribution in [-0.2, 0) is 9.53 Å². The Labute approximate surface area is 255 Å². The van der Waals surface area contributed by atoms with Crippen molar-refractivity contribution in [1.82, 2.24) is 0 Å². The first-order valence-electron chi connectivity index (χ1n) is 17.1. The molecule has 226 valence electrons. The summed E-state index contributed by atoms with van der Waals surface area (Å²) in [6, 6.07) is 11.2. The molecule has 0 saturated heterocycles. The minimum Gasteiger partial charge on any atom is -0.469 e. The number of carbonyl (C=O) groups is 1. The lowest BCUT2D eigenvalue weighted by Gasteiger charge is -2.73. The Bertz CT molecular complexity index is 1360. The van der Waals surface area contributed by atoms with Crippen LogP contribution >= 0.6 is 0 Å². The predicted molar refractivity (Wildman–Crippen MR) is 172 cm³/mol. The average molecular weight is 567 g/mol. The molecule has 2 heteroatoms. The van der Waals surface area contributed by atoms with Crippen LogP contribution in [0.4, 0.5) is 0 Å². The van der Waals surface area contributed by atoms with E-state index in [0.29, 0.717) is 40.9 Å². The Hall–Kier alpha value is -2.09. The van der Waals surface area contributed by atoms with Gasteiger partial charge in [-0.3, -0.25) is 4.79 Å². The SMILES string of the molecule is C=C(C)[C@@H]1CC[C@]2(C(=O)OC)CC[C@]3(C)[C@H](CC[C@@H]4[C@@]5(C)CC6C(c7ccccc7)=CC=C6C(C)(C)[C@@H]5CC[C@]43C)[C@@H]12. The van der Waals surface area contributed by atoms with Gasteiger partial charge in [0.15, 0.2) is 0 Å². The smallest absolute Gasteiger partial charge is 0.312 e. The molecular formula is C40H54O2. The second-order valence-electron chi connectivity index (χ2n) is 16.9. The van der Waals surface area contributed by atoms with Crippen LogP contribution in [0.25, 0.3) is 5.57 Å². The molecule has 2 nitrogen and oxygen atoms in total. The zero-order chi connectivity index (χ0) is 29.9. The van der Waals surface area contributed by atoms with Crippen molar-refractivity contribution >= 4 is 11.5 Å². The van der Waals surface area contributed by atoms with Gasteiger partial charge in [0.25, 0.3) is 0 Å². The summed E-state index contributed by atoms with van der Waals surface area (Å²) in [5.41, 5.74) is 6.61. The number of benzene rings is 1. The standard InChI is InChI=1S/C40H54O2/c1-25(2)27-18-21-40(35(41)42-8)23-22-38(6)31(34(27)40)16-17-33-37(5)24-29-28(26-12-10-9-11-13-26)14-15-30(29)36(3,4)32(37)19-20-39(33,38)7/h9-15,27,29,31-34H,1,16-24H2,2-8H3/t27-,29?,31+,32-,33+,34+,37-,38+,39+,40-/m0/s1. The van der Waals surface area contributed by atoms with E-state index in [1.807, 2.05) is 0 Å². The van der Waals surface area contributed by atoms with Gasteiger partial charge in [-0.15, -0.1) is 0 Å². The molecule has 0 amide bonds. The van der Waals surface area contributed by atoms with Crippen molar-refractivity contribution in [2.75, 3.05) is 7.11 Å². The molecule has 10 atom stereocenters. The average Bonchev–Trinajstić information content (AvgIpc) is 3.56. The normalized spacial score (nSPS) is 46.6. The Kier molecular flexibility index (Phi) is 6.29. The highest BCUT2D eigenvalue weighted by molar-refractivity contribution is 5.78. The van der Waals surface area contributed by atoms with Gasteiger partial charge < -0.3 is 4.74 Å². The highest BCUT2D eigenvalue weighted by atomic mass is 16.5. The Morgan fingerprint density at radius 1 is 0.857 bits per heavy atom. The van der Waals surface area contributed by atoms with Crippen molar-refractivity contribution in [2.24, 2.45) is 62.6 Å². The quantitative estimate of drug-likeness (QED) is 0.269. The van der Waals surface area contributed by atoms with Crippen LogP contribution in [0.1, 0.15) is 105 Å². The second-order valence-corrected chi connectivity index (χ2v) is 16.9. The van der Waals surface area contributed by atoms with E-state index in [-0.39, 0.29) is 27.6 Å². The number of fused-ring (bicyclic) bond motifs is 8. The first-order chi connectivity index (χ1) is 19.8. The number of carbonyl (C=O) groups excluding carboxylic acids is 1. The zero-order valence-corrected chi connectivity index (χ0v) is 27.4. The van der Waals surface area contributed by atoms with Crippen molar-refractivity contribution in [3.63, 3.8) is 0 Å². The van der Waals surface area contributed by atoms with Crippen LogP contribution < -0.4 is 0 Å². The fourth-order valence-corrected chi connectivity index (χ4v) is 13.6. The summed E-state index contributed by atoms with van der Waals surface area (Å²) in [6.45, 7) is 20.0. The molecule has 0 radical (unpaired) electrons. The first kappa shape index (κ1) is 28.7. The third-order valence-corrected chi connectivity index (χ3v) is 15.5. The number of esters is 1. The van der Waals surface area contributed by atoms with E-state index in [2.05, 4.69) is 90.6 Å². The van der Waals surface area contributed by atoms with Gasteiger partial charge in [-0.25, -0.2) is 0 Å². The predicted octanol–water partition coefficient (Wildman–Crippen LogP) is 10.1. The highest BCUT2D eigenvalue weighted by Gasteiger charge is 2.72. The zero-order valence-electron chi connectivity index (χ0n) is 27.4. The lowest BCUT2D eigenvalue weighted by Crippen LogP contribution is -2.66. The third-order valence-electron chi connectivity index (χ3n) is 15.5. The lowest BCUT2D eigenvalue weighted by molar-refractivity contribution is -0.235. The molecule has 0 heterocycles. The summed E-state index contributed by atoms with van der Waals surface area (Å²) in [5.74, 6) is 3.40. The summed E-state index contributed by atoms with van der Waals surface area (Å²) in [6.07, 6.45) is 15.7.